The zero-order chi connectivity index (χ0) is 14.8. The van der Waals surface area contributed by atoms with Crippen molar-refractivity contribution in [1.82, 2.24) is 4.90 Å². The molecule has 114 valence electrons. The number of nitrogens with zero attached hydrogens (tertiary/aromatic N) is 1. The van der Waals surface area contributed by atoms with Gasteiger partial charge in [0, 0.05) is 25.8 Å². The van der Waals surface area contributed by atoms with Gasteiger partial charge in [0.05, 0.1) is 5.56 Å². The van der Waals surface area contributed by atoms with E-state index < -0.39 is 0 Å². The number of rotatable bonds is 5. The summed E-state index contributed by atoms with van der Waals surface area (Å²) in [6.07, 6.45) is 5.53. The molecule has 2 aliphatic carbocycles. The molecule has 0 saturated heterocycles. The van der Waals surface area contributed by atoms with Crippen LogP contribution in [0.2, 0.25) is 0 Å². The Morgan fingerprint density at radius 2 is 2.10 bits per heavy atom. The zero-order valence-electron chi connectivity index (χ0n) is 13.1. The molecule has 0 spiro atoms. The second-order valence-electron chi connectivity index (χ2n) is 6.70. The SMILES string of the molecule is CCNc1ccccc1C(=O)N(C)CC1CC2CCC1C2. The van der Waals surface area contributed by atoms with E-state index in [9.17, 15) is 4.79 Å². The minimum absolute atomic E-state index is 0.148. The summed E-state index contributed by atoms with van der Waals surface area (Å²) in [5.74, 6) is 2.69. The molecule has 0 heterocycles. The van der Waals surface area contributed by atoms with Crippen LogP contribution in [0.4, 0.5) is 5.69 Å². The lowest BCUT2D eigenvalue weighted by molar-refractivity contribution is 0.0755. The molecule has 2 fully saturated rings. The molecular formula is C18H26N2O. The Bertz CT molecular complexity index is 514. The molecule has 2 bridgehead atoms. The van der Waals surface area contributed by atoms with Crippen LogP contribution in [-0.2, 0) is 0 Å². The molecule has 1 N–H and O–H groups in total. The molecule has 21 heavy (non-hydrogen) atoms. The summed E-state index contributed by atoms with van der Waals surface area (Å²) in [5, 5.41) is 3.29. The van der Waals surface area contributed by atoms with Crippen molar-refractivity contribution in [3.05, 3.63) is 29.8 Å². The van der Waals surface area contributed by atoms with E-state index in [1.165, 1.54) is 25.7 Å². The first-order valence-corrected chi connectivity index (χ1v) is 8.27. The topological polar surface area (TPSA) is 32.3 Å². The average Bonchev–Trinajstić information content (AvgIpc) is 3.10. The Hall–Kier alpha value is -1.51. The van der Waals surface area contributed by atoms with Crippen molar-refractivity contribution in [2.24, 2.45) is 17.8 Å². The fourth-order valence-corrected chi connectivity index (χ4v) is 4.25. The van der Waals surface area contributed by atoms with E-state index in [4.69, 9.17) is 0 Å². The van der Waals surface area contributed by atoms with Gasteiger partial charge in [-0.1, -0.05) is 18.6 Å². The van der Waals surface area contributed by atoms with Crippen LogP contribution in [-0.4, -0.2) is 30.9 Å². The second-order valence-corrected chi connectivity index (χ2v) is 6.70. The van der Waals surface area contributed by atoms with Crippen LogP contribution in [0.3, 0.4) is 0 Å². The summed E-state index contributed by atoms with van der Waals surface area (Å²) in [6, 6.07) is 7.84. The average molecular weight is 286 g/mol. The number of benzene rings is 1. The molecule has 3 heteroatoms. The van der Waals surface area contributed by atoms with Crippen LogP contribution >= 0.6 is 0 Å². The number of nitrogens with one attached hydrogen (secondary N) is 1. The Kier molecular flexibility index (Phi) is 4.18. The van der Waals surface area contributed by atoms with E-state index in [0.29, 0.717) is 0 Å². The first-order valence-electron chi connectivity index (χ1n) is 8.27. The lowest BCUT2D eigenvalue weighted by atomic mass is 9.88. The standard InChI is InChI=1S/C18H26N2O/c1-3-19-17-7-5-4-6-16(17)18(21)20(2)12-15-11-13-8-9-14(15)10-13/h4-7,13-15,19H,3,8-12H2,1-2H3. The molecule has 2 aliphatic rings. The molecule has 3 atom stereocenters. The summed E-state index contributed by atoms with van der Waals surface area (Å²) in [6.45, 7) is 3.81. The van der Waals surface area contributed by atoms with Gasteiger partial charge >= 0.3 is 0 Å². The number of anilines is 1. The van der Waals surface area contributed by atoms with Gasteiger partial charge in [-0.3, -0.25) is 4.79 Å². The minimum Gasteiger partial charge on any atom is -0.385 e. The number of carbonyl (C=O) groups excluding carboxylic acids is 1. The number of hydrogen-bond acceptors (Lipinski definition) is 2. The smallest absolute Gasteiger partial charge is 0.255 e. The van der Waals surface area contributed by atoms with Gasteiger partial charge in [-0.05, 0) is 56.1 Å². The predicted molar refractivity (Wildman–Crippen MR) is 86.5 cm³/mol. The lowest BCUT2D eigenvalue weighted by Gasteiger charge is -2.27. The van der Waals surface area contributed by atoms with E-state index >= 15 is 0 Å². The van der Waals surface area contributed by atoms with Crippen molar-refractivity contribution in [3.8, 4) is 0 Å². The van der Waals surface area contributed by atoms with Crippen LogP contribution in [0.5, 0.6) is 0 Å². The first-order chi connectivity index (χ1) is 10.2. The van der Waals surface area contributed by atoms with Gasteiger partial charge in [-0.2, -0.15) is 0 Å². The maximum Gasteiger partial charge on any atom is 0.255 e. The van der Waals surface area contributed by atoms with Crippen molar-refractivity contribution in [1.29, 1.82) is 0 Å². The molecule has 1 aromatic carbocycles. The third kappa shape index (κ3) is 2.92. The third-order valence-corrected chi connectivity index (χ3v) is 5.26. The highest BCUT2D eigenvalue weighted by Gasteiger charge is 2.40. The zero-order valence-corrected chi connectivity index (χ0v) is 13.1. The fourth-order valence-electron chi connectivity index (χ4n) is 4.25. The Morgan fingerprint density at radius 1 is 1.29 bits per heavy atom. The molecule has 1 amide bonds. The van der Waals surface area contributed by atoms with E-state index in [0.717, 1.165) is 42.1 Å². The molecule has 0 aromatic heterocycles. The number of hydrogen-bond donors (Lipinski definition) is 1. The number of amides is 1. The fraction of sp³-hybridized carbons (Fsp3) is 0.611. The maximum absolute atomic E-state index is 12.7. The molecule has 1 aromatic rings. The molecule has 0 radical (unpaired) electrons. The van der Waals surface area contributed by atoms with E-state index in [1.54, 1.807) is 0 Å². The van der Waals surface area contributed by atoms with E-state index in [-0.39, 0.29) is 5.91 Å². The summed E-state index contributed by atoms with van der Waals surface area (Å²) in [4.78, 5) is 14.7. The monoisotopic (exact) mass is 286 g/mol. The maximum atomic E-state index is 12.7. The van der Waals surface area contributed by atoms with Crippen LogP contribution < -0.4 is 5.32 Å². The number of para-hydroxylation sites is 1. The van der Waals surface area contributed by atoms with Crippen LogP contribution in [0.15, 0.2) is 24.3 Å². The van der Waals surface area contributed by atoms with Crippen molar-refractivity contribution in [3.63, 3.8) is 0 Å². The first kappa shape index (κ1) is 14.4. The van der Waals surface area contributed by atoms with E-state index in [2.05, 4.69) is 12.2 Å². The molecule has 2 saturated carbocycles. The largest absolute Gasteiger partial charge is 0.385 e. The quantitative estimate of drug-likeness (QED) is 0.896. The van der Waals surface area contributed by atoms with Gasteiger partial charge in [0.2, 0.25) is 0 Å². The molecule has 0 aliphatic heterocycles. The summed E-state index contributed by atoms with van der Waals surface area (Å²) < 4.78 is 0. The van der Waals surface area contributed by atoms with Crippen molar-refractivity contribution in [2.45, 2.75) is 32.6 Å². The highest BCUT2D eigenvalue weighted by Crippen LogP contribution is 2.48. The van der Waals surface area contributed by atoms with Gasteiger partial charge < -0.3 is 10.2 Å². The normalized spacial score (nSPS) is 26.9. The lowest BCUT2D eigenvalue weighted by Crippen LogP contribution is -2.34. The van der Waals surface area contributed by atoms with Gasteiger partial charge in [0.15, 0.2) is 0 Å². The van der Waals surface area contributed by atoms with Gasteiger partial charge in [-0.25, -0.2) is 0 Å². The Labute approximate surface area is 127 Å². The predicted octanol–water partition coefficient (Wildman–Crippen LogP) is 3.63. The second kappa shape index (κ2) is 6.08. The number of carbonyl (C=O) groups is 1. The highest BCUT2D eigenvalue weighted by atomic mass is 16.2. The third-order valence-electron chi connectivity index (χ3n) is 5.26. The minimum atomic E-state index is 0.148. The summed E-state index contributed by atoms with van der Waals surface area (Å²) in [7, 11) is 1.96. The Morgan fingerprint density at radius 3 is 2.76 bits per heavy atom. The molecule has 3 unspecified atom stereocenters. The number of fused-ring (bicyclic) bond motifs is 2. The van der Waals surface area contributed by atoms with Crippen molar-refractivity contribution >= 4 is 11.6 Å². The summed E-state index contributed by atoms with van der Waals surface area (Å²) in [5.41, 5.74) is 1.75. The highest BCUT2D eigenvalue weighted by molar-refractivity contribution is 5.99. The van der Waals surface area contributed by atoms with Gasteiger partial charge in [0.25, 0.3) is 5.91 Å². The molecule has 3 nitrogen and oxygen atoms in total. The van der Waals surface area contributed by atoms with Crippen LogP contribution in [0, 0.1) is 17.8 Å². The molecule has 3 rings (SSSR count). The van der Waals surface area contributed by atoms with E-state index in [1.807, 2.05) is 36.2 Å². The molecular weight excluding hydrogens is 260 g/mol. The van der Waals surface area contributed by atoms with Crippen molar-refractivity contribution < 1.29 is 4.79 Å². The summed E-state index contributed by atoms with van der Waals surface area (Å²) >= 11 is 0. The Balaban J connectivity index is 1.67. The van der Waals surface area contributed by atoms with Crippen LogP contribution in [0.25, 0.3) is 0 Å². The van der Waals surface area contributed by atoms with Gasteiger partial charge in [0.1, 0.15) is 0 Å². The van der Waals surface area contributed by atoms with Gasteiger partial charge in [-0.15, -0.1) is 0 Å². The van der Waals surface area contributed by atoms with Crippen LogP contribution in [0.1, 0.15) is 43.0 Å². The van der Waals surface area contributed by atoms with Crippen molar-refractivity contribution in [2.75, 3.05) is 25.5 Å².